The predicted molar refractivity (Wildman–Crippen MR) is 131 cm³/mol. The first kappa shape index (κ1) is 22.7. The Morgan fingerprint density at radius 3 is 2.26 bits per heavy atom. The van der Waals surface area contributed by atoms with E-state index in [2.05, 4.69) is 34.9 Å². The van der Waals surface area contributed by atoms with Gasteiger partial charge in [-0.25, -0.2) is 4.79 Å². The molecule has 178 valence electrons. The van der Waals surface area contributed by atoms with Crippen LogP contribution in [0.1, 0.15) is 29.0 Å². The van der Waals surface area contributed by atoms with E-state index in [-0.39, 0.29) is 36.7 Å². The molecule has 3 aromatic rings. The molecule has 7 heteroatoms. The lowest BCUT2D eigenvalue weighted by Crippen LogP contribution is -2.28. The Balaban J connectivity index is 1.14. The molecule has 35 heavy (non-hydrogen) atoms. The van der Waals surface area contributed by atoms with Crippen molar-refractivity contribution >= 4 is 23.7 Å². The van der Waals surface area contributed by atoms with Crippen LogP contribution in [0.15, 0.2) is 72.8 Å². The summed E-state index contributed by atoms with van der Waals surface area (Å²) in [5.41, 5.74) is 5.92. The Labute approximate surface area is 203 Å². The third-order valence-electron chi connectivity index (χ3n) is 6.68. The number of amides is 2. The highest BCUT2D eigenvalue weighted by Gasteiger charge is 2.42. The molecule has 3 N–H and O–H groups in total. The summed E-state index contributed by atoms with van der Waals surface area (Å²) < 4.78 is 5.59. The minimum atomic E-state index is -0.809. The second-order valence-electron chi connectivity index (χ2n) is 9.07. The lowest BCUT2D eigenvalue weighted by atomic mass is 9.98. The van der Waals surface area contributed by atoms with Gasteiger partial charge in [0.1, 0.15) is 6.61 Å². The maximum atomic E-state index is 12.5. The molecule has 0 aliphatic heterocycles. The summed E-state index contributed by atoms with van der Waals surface area (Å²) in [6, 6.07) is 23.4. The van der Waals surface area contributed by atoms with Crippen molar-refractivity contribution in [3.63, 3.8) is 0 Å². The van der Waals surface area contributed by atoms with E-state index in [0.29, 0.717) is 18.7 Å². The zero-order valence-corrected chi connectivity index (χ0v) is 19.1. The topological polar surface area (TPSA) is 105 Å². The summed E-state index contributed by atoms with van der Waals surface area (Å²) in [5, 5.41) is 14.5. The Morgan fingerprint density at radius 2 is 1.60 bits per heavy atom. The molecule has 3 aromatic carbocycles. The number of nitrogens with one attached hydrogen (secondary N) is 2. The number of carboxylic acids is 1. The molecule has 2 aliphatic rings. The molecule has 0 aromatic heterocycles. The summed E-state index contributed by atoms with van der Waals surface area (Å²) in [6.07, 6.45) is 0.196. The van der Waals surface area contributed by atoms with Gasteiger partial charge >= 0.3 is 12.1 Å². The fraction of sp³-hybridized carbons (Fsp3) is 0.250. The van der Waals surface area contributed by atoms with Crippen molar-refractivity contribution in [2.24, 2.45) is 11.8 Å². The Hall–Kier alpha value is -4.13. The number of rotatable bonds is 8. The van der Waals surface area contributed by atoms with Crippen molar-refractivity contribution in [1.29, 1.82) is 0 Å². The molecule has 5 rings (SSSR count). The number of hydrogen-bond acceptors (Lipinski definition) is 4. The van der Waals surface area contributed by atoms with E-state index in [4.69, 9.17) is 9.84 Å². The van der Waals surface area contributed by atoms with Crippen LogP contribution >= 0.6 is 0 Å². The van der Waals surface area contributed by atoms with Crippen LogP contribution in [0.25, 0.3) is 11.1 Å². The molecule has 2 aliphatic carbocycles. The molecule has 0 saturated heterocycles. The van der Waals surface area contributed by atoms with Crippen molar-refractivity contribution in [3.05, 3.63) is 89.5 Å². The first-order chi connectivity index (χ1) is 17.0. The molecule has 0 radical (unpaired) electrons. The van der Waals surface area contributed by atoms with E-state index in [1.807, 2.05) is 24.3 Å². The third-order valence-corrected chi connectivity index (χ3v) is 6.68. The molecular weight excluding hydrogens is 444 g/mol. The maximum Gasteiger partial charge on any atom is 0.411 e. The molecule has 1 fully saturated rings. The minimum absolute atomic E-state index is 0.0121. The third kappa shape index (κ3) is 5.04. The maximum absolute atomic E-state index is 12.5. The average Bonchev–Trinajstić information content (AvgIpc) is 3.57. The van der Waals surface area contributed by atoms with Gasteiger partial charge in [-0.15, -0.1) is 0 Å². The van der Waals surface area contributed by atoms with Gasteiger partial charge in [-0.1, -0.05) is 60.7 Å². The molecule has 1 saturated carbocycles. The van der Waals surface area contributed by atoms with Gasteiger partial charge in [-0.3, -0.25) is 14.9 Å². The number of benzene rings is 3. The van der Waals surface area contributed by atoms with E-state index in [1.54, 1.807) is 24.3 Å². The summed E-state index contributed by atoms with van der Waals surface area (Å²) in [4.78, 5) is 35.7. The number of hydrogen-bond donors (Lipinski definition) is 3. The summed E-state index contributed by atoms with van der Waals surface area (Å²) in [5.74, 6) is -1.34. The van der Waals surface area contributed by atoms with E-state index < -0.39 is 12.1 Å². The molecule has 7 nitrogen and oxygen atoms in total. The quantitative estimate of drug-likeness (QED) is 0.452. The van der Waals surface area contributed by atoms with Crippen molar-refractivity contribution < 1.29 is 24.2 Å². The molecule has 0 unspecified atom stereocenters. The van der Waals surface area contributed by atoms with Crippen molar-refractivity contribution in [2.45, 2.75) is 18.8 Å². The highest BCUT2D eigenvalue weighted by molar-refractivity contribution is 5.86. The van der Waals surface area contributed by atoms with Crippen molar-refractivity contribution in [1.82, 2.24) is 5.32 Å². The van der Waals surface area contributed by atoms with E-state index in [9.17, 15) is 14.4 Å². The molecule has 0 bridgehead atoms. The number of anilines is 1. The number of carboxylic acid groups (broad SMARTS) is 1. The van der Waals surface area contributed by atoms with Crippen LogP contribution in [0.4, 0.5) is 10.5 Å². The first-order valence-corrected chi connectivity index (χ1v) is 11.7. The molecular formula is C28H26N2O5. The van der Waals surface area contributed by atoms with Gasteiger partial charge in [0, 0.05) is 18.2 Å². The van der Waals surface area contributed by atoms with Crippen LogP contribution in [0.2, 0.25) is 0 Å². The first-order valence-electron chi connectivity index (χ1n) is 11.7. The fourth-order valence-corrected chi connectivity index (χ4v) is 4.78. The normalized spacial score (nSPS) is 17.7. The van der Waals surface area contributed by atoms with Crippen LogP contribution in [0.3, 0.4) is 0 Å². The number of aliphatic carboxylic acids is 1. The van der Waals surface area contributed by atoms with Gasteiger partial charge in [0.2, 0.25) is 5.91 Å². The summed E-state index contributed by atoms with van der Waals surface area (Å²) in [7, 11) is 0. The van der Waals surface area contributed by atoms with Gasteiger partial charge in [-0.2, -0.15) is 0 Å². The number of carbonyl (C=O) groups is 3. The van der Waals surface area contributed by atoms with Gasteiger partial charge in [0.25, 0.3) is 0 Å². The van der Waals surface area contributed by atoms with Crippen LogP contribution in [0.5, 0.6) is 0 Å². The average molecular weight is 471 g/mol. The summed E-state index contributed by atoms with van der Waals surface area (Å²) >= 11 is 0. The molecule has 0 heterocycles. The second kappa shape index (κ2) is 9.62. The van der Waals surface area contributed by atoms with E-state index >= 15 is 0 Å². The zero-order valence-electron chi connectivity index (χ0n) is 19.1. The second-order valence-corrected chi connectivity index (χ2v) is 9.07. The van der Waals surface area contributed by atoms with Crippen LogP contribution in [0, 0.1) is 11.8 Å². The lowest BCUT2D eigenvalue weighted by molar-refractivity contribution is -0.139. The van der Waals surface area contributed by atoms with Crippen LogP contribution < -0.4 is 10.6 Å². The number of carbonyl (C=O) groups excluding carboxylic acids is 2. The minimum Gasteiger partial charge on any atom is -0.481 e. The smallest absolute Gasteiger partial charge is 0.411 e. The SMILES string of the molecule is O=C(Cc1cccc(NC(=O)OCC2c3ccccc3-c3ccccc32)c1)NC[C@H]1C[C@H]1C(=O)O. The van der Waals surface area contributed by atoms with Crippen LogP contribution in [-0.4, -0.2) is 36.2 Å². The molecule has 0 spiro atoms. The summed E-state index contributed by atoms with van der Waals surface area (Å²) in [6.45, 7) is 0.591. The van der Waals surface area contributed by atoms with Gasteiger partial charge in [-0.05, 0) is 52.3 Å². The van der Waals surface area contributed by atoms with Gasteiger partial charge in [0.15, 0.2) is 0 Å². The van der Waals surface area contributed by atoms with E-state index in [0.717, 1.165) is 16.7 Å². The van der Waals surface area contributed by atoms with Crippen molar-refractivity contribution in [2.75, 3.05) is 18.5 Å². The predicted octanol–water partition coefficient (Wildman–Crippen LogP) is 4.43. The highest BCUT2D eigenvalue weighted by atomic mass is 16.5. The molecule has 2 amide bonds. The monoisotopic (exact) mass is 470 g/mol. The fourth-order valence-electron chi connectivity index (χ4n) is 4.78. The van der Waals surface area contributed by atoms with E-state index in [1.165, 1.54) is 11.1 Å². The Morgan fingerprint density at radius 1 is 0.914 bits per heavy atom. The standard InChI is InChI=1S/C28H26N2O5/c31-26(29-15-18-14-24(18)27(32)33)13-17-6-5-7-19(12-17)30-28(34)35-16-25-22-10-3-1-8-20(22)21-9-2-4-11-23(21)25/h1-12,18,24-25H,13-16H2,(H,29,31)(H,30,34)(H,32,33)/t18-,24-/m1/s1. The van der Waals surface area contributed by atoms with Gasteiger partial charge in [0.05, 0.1) is 12.3 Å². The van der Waals surface area contributed by atoms with Crippen molar-refractivity contribution in [3.8, 4) is 11.1 Å². The van der Waals surface area contributed by atoms with Crippen LogP contribution in [-0.2, 0) is 20.7 Å². The highest BCUT2D eigenvalue weighted by Crippen LogP contribution is 2.44. The molecule has 2 atom stereocenters. The van der Waals surface area contributed by atoms with Gasteiger partial charge < -0.3 is 15.2 Å². The zero-order chi connectivity index (χ0) is 24.4. The largest absolute Gasteiger partial charge is 0.481 e. The lowest BCUT2D eigenvalue weighted by Gasteiger charge is -2.15. The number of ether oxygens (including phenoxy) is 1. The Bertz CT molecular complexity index is 1240. The Kier molecular flexibility index (Phi) is 6.23. The number of fused-ring (bicyclic) bond motifs is 3.